The highest BCUT2D eigenvalue weighted by atomic mass is 15.2. The first-order valence-electron chi connectivity index (χ1n) is 12.1. The highest BCUT2D eigenvalue weighted by molar-refractivity contribution is 5.71. The molecule has 0 amide bonds. The second-order valence-electron chi connectivity index (χ2n) is 10.2. The zero-order valence-corrected chi connectivity index (χ0v) is 21.2. The summed E-state index contributed by atoms with van der Waals surface area (Å²) < 4.78 is 4.37. The van der Waals surface area contributed by atoms with Crippen molar-refractivity contribution in [2.24, 2.45) is 0 Å². The minimum absolute atomic E-state index is 0.383. The maximum Gasteiger partial charge on any atom is 0.271 e. The lowest BCUT2D eigenvalue weighted by Gasteiger charge is -2.21. The zero-order chi connectivity index (χ0) is 23.9. The van der Waals surface area contributed by atoms with Crippen molar-refractivity contribution in [3.63, 3.8) is 0 Å². The van der Waals surface area contributed by atoms with Gasteiger partial charge in [0.1, 0.15) is 11.8 Å². The van der Waals surface area contributed by atoms with E-state index in [1.165, 1.54) is 33.6 Å². The van der Waals surface area contributed by atoms with Crippen LogP contribution in [0.3, 0.4) is 0 Å². The van der Waals surface area contributed by atoms with Crippen LogP contribution in [0.4, 0.5) is 0 Å². The van der Waals surface area contributed by atoms with Gasteiger partial charge in [0.25, 0.3) is 6.33 Å². The molecule has 2 heterocycles. The zero-order valence-electron chi connectivity index (χ0n) is 21.2. The van der Waals surface area contributed by atoms with Gasteiger partial charge in [-0.15, -0.1) is 0 Å². The highest BCUT2D eigenvalue weighted by Gasteiger charge is 2.24. The van der Waals surface area contributed by atoms with Crippen LogP contribution in [-0.4, -0.2) is 14.5 Å². The second-order valence-corrected chi connectivity index (χ2v) is 10.2. The molecule has 0 radical (unpaired) electrons. The van der Waals surface area contributed by atoms with Gasteiger partial charge in [0, 0.05) is 6.20 Å². The summed E-state index contributed by atoms with van der Waals surface area (Å²) in [4.78, 5) is 9.16. The van der Waals surface area contributed by atoms with Crippen LogP contribution in [0.15, 0.2) is 48.9 Å². The largest absolute Gasteiger partial charge is 0.289 e. The van der Waals surface area contributed by atoms with E-state index in [0.717, 1.165) is 11.2 Å². The van der Waals surface area contributed by atoms with Crippen LogP contribution >= 0.6 is 0 Å². The van der Waals surface area contributed by atoms with Gasteiger partial charge in [-0.2, -0.15) is 0 Å². The van der Waals surface area contributed by atoms with Gasteiger partial charge in [-0.3, -0.25) is 9.13 Å². The van der Waals surface area contributed by atoms with Gasteiger partial charge in [-0.05, 0) is 45.9 Å². The summed E-state index contributed by atoms with van der Waals surface area (Å²) in [6.45, 7) is 18.0. The molecule has 0 N–H and O–H groups in total. The molecule has 2 aromatic carbocycles. The molecule has 4 rings (SSSR count). The average Bonchev–Trinajstić information content (AvgIpc) is 3.16. The number of hydrogen-bond donors (Lipinski definition) is 0. The molecule has 0 atom stereocenters. The molecule has 33 heavy (non-hydrogen) atoms. The number of hydrogen-bond acceptors (Lipinski definition) is 2. The van der Waals surface area contributed by atoms with Crippen LogP contribution in [0.25, 0.3) is 22.5 Å². The molecule has 0 saturated heterocycles. The van der Waals surface area contributed by atoms with E-state index < -0.39 is 0 Å². The van der Waals surface area contributed by atoms with Gasteiger partial charge in [0.2, 0.25) is 0 Å². The molecule has 4 aromatic rings. The smallest absolute Gasteiger partial charge is 0.271 e. The molecule has 0 saturated carbocycles. The van der Waals surface area contributed by atoms with Crippen molar-refractivity contribution in [1.82, 2.24) is 14.5 Å². The fourth-order valence-electron chi connectivity index (χ4n) is 4.71. The summed E-state index contributed by atoms with van der Waals surface area (Å²) in [6.07, 6.45) is 7.30. The first-order chi connectivity index (χ1) is 15.7. The Bertz CT molecular complexity index is 1130. The third kappa shape index (κ3) is 4.07. The number of para-hydroxylation sites is 2. The molecular weight excluding hydrogens is 404 g/mol. The Morgan fingerprint density at radius 3 is 1.70 bits per heavy atom. The summed E-state index contributed by atoms with van der Waals surface area (Å²) >= 11 is 0. The van der Waals surface area contributed by atoms with Crippen LogP contribution in [0.2, 0.25) is 0 Å². The van der Waals surface area contributed by atoms with Crippen LogP contribution in [0, 0.1) is 6.33 Å². The van der Waals surface area contributed by atoms with Crippen LogP contribution in [-0.2, 0) is 0 Å². The standard InChI is InChI=1S/C29H36N4/c1-18(2)22-11-9-12-23(19(3)4)27(22)32-17-33(29-26(32)15-30-16-31-29)28-24(20(5)6)13-10-14-25(28)21(7)8/h9-16,18-21H,1-8H3. The lowest BCUT2D eigenvalue weighted by atomic mass is 9.92. The summed E-state index contributed by atoms with van der Waals surface area (Å²) in [5, 5.41) is 0. The SMILES string of the molecule is CC(C)c1cccc(C(C)C)c1-n1[c-][n+](-c2c(C(C)C)cccc2C(C)C)c2cncnc21. The van der Waals surface area contributed by atoms with Gasteiger partial charge in [-0.1, -0.05) is 91.8 Å². The first-order valence-corrected chi connectivity index (χ1v) is 12.1. The predicted octanol–water partition coefficient (Wildman–Crippen LogP) is 6.99. The van der Waals surface area contributed by atoms with E-state index in [-0.39, 0.29) is 0 Å². The fourth-order valence-corrected chi connectivity index (χ4v) is 4.71. The van der Waals surface area contributed by atoms with Gasteiger partial charge < -0.3 is 0 Å². The van der Waals surface area contributed by atoms with Crippen molar-refractivity contribution >= 4 is 11.2 Å². The Kier molecular flexibility index (Phi) is 6.38. The van der Waals surface area contributed by atoms with Gasteiger partial charge in [0.05, 0.1) is 11.4 Å². The predicted molar refractivity (Wildman–Crippen MR) is 136 cm³/mol. The normalized spacial score (nSPS) is 12.1. The Hall–Kier alpha value is -3.01. The highest BCUT2D eigenvalue weighted by Crippen LogP contribution is 2.34. The van der Waals surface area contributed by atoms with Crippen molar-refractivity contribution in [2.75, 3.05) is 0 Å². The van der Waals surface area contributed by atoms with E-state index in [9.17, 15) is 0 Å². The maximum atomic E-state index is 4.75. The molecule has 2 aromatic heterocycles. The van der Waals surface area contributed by atoms with E-state index >= 15 is 0 Å². The number of rotatable bonds is 6. The molecule has 0 bridgehead atoms. The Labute approximate surface area is 198 Å². The molecule has 4 nitrogen and oxygen atoms in total. The molecule has 0 fully saturated rings. The van der Waals surface area contributed by atoms with E-state index in [0.29, 0.717) is 23.7 Å². The molecule has 0 spiro atoms. The minimum atomic E-state index is 0.383. The molecule has 4 heteroatoms. The molecule has 0 aliphatic heterocycles. The third-order valence-electron chi connectivity index (χ3n) is 6.46. The topological polar surface area (TPSA) is 34.6 Å². The third-order valence-corrected chi connectivity index (χ3v) is 6.46. The van der Waals surface area contributed by atoms with Crippen molar-refractivity contribution in [3.8, 4) is 11.4 Å². The van der Waals surface area contributed by atoms with Gasteiger partial charge in [0.15, 0.2) is 5.65 Å². The summed E-state index contributed by atoms with van der Waals surface area (Å²) in [5.41, 5.74) is 9.49. The monoisotopic (exact) mass is 440 g/mol. The number of imidazole rings is 1. The number of aromatic nitrogens is 4. The Morgan fingerprint density at radius 2 is 1.21 bits per heavy atom. The van der Waals surface area contributed by atoms with E-state index in [1.54, 1.807) is 6.33 Å². The lowest BCUT2D eigenvalue weighted by molar-refractivity contribution is -0.573. The maximum absolute atomic E-state index is 4.75. The Balaban J connectivity index is 2.14. The van der Waals surface area contributed by atoms with Crippen LogP contribution in [0.1, 0.15) is 101 Å². The quantitative estimate of drug-likeness (QED) is 0.239. The number of fused-ring (bicyclic) bond motifs is 1. The molecule has 172 valence electrons. The van der Waals surface area contributed by atoms with E-state index in [4.69, 9.17) is 4.98 Å². The second kappa shape index (κ2) is 9.09. The van der Waals surface area contributed by atoms with Gasteiger partial charge >= 0.3 is 0 Å². The molecular formula is C29H36N4. The van der Waals surface area contributed by atoms with Crippen LogP contribution in [0.5, 0.6) is 0 Å². The van der Waals surface area contributed by atoms with Crippen LogP contribution < -0.4 is 4.57 Å². The molecule has 0 aliphatic carbocycles. The summed E-state index contributed by atoms with van der Waals surface area (Å²) in [5.74, 6) is 1.54. The number of nitrogens with zero attached hydrogens (tertiary/aromatic N) is 4. The summed E-state index contributed by atoms with van der Waals surface area (Å²) in [6, 6.07) is 13.3. The average molecular weight is 441 g/mol. The number of benzene rings is 2. The molecule has 0 unspecified atom stereocenters. The van der Waals surface area contributed by atoms with Gasteiger partial charge in [-0.25, -0.2) is 9.97 Å². The van der Waals surface area contributed by atoms with Crippen molar-refractivity contribution in [2.45, 2.75) is 79.1 Å². The minimum Gasteiger partial charge on any atom is -0.289 e. The van der Waals surface area contributed by atoms with Crippen molar-refractivity contribution in [3.05, 3.63) is 77.5 Å². The lowest BCUT2D eigenvalue weighted by Crippen LogP contribution is -2.33. The van der Waals surface area contributed by atoms with E-state index in [1.807, 2.05) is 6.20 Å². The van der Waals surface area contributed by atoms with E-state index in [2.05, 4.69) is 112 Å². The Morgan fingerprint density at radius 1 is 0.727 bits per heavy atom. The first kappa shape index (κ1) is 23.2. The summed E-state index contributed by atoms with van der Waals surface area (Å²) in [7, 11) is 0. The molecule has 0 aliphatic rings. The fraction of sp³-hybridized carbons (Fsp3) is 0.414. The van der Waals surface area contributed by atoms with Crippen molar-refractivity contribution in [1.29, 1.82) is 0 Å². The van der Waals surface area contributed by atoms with Crippen molar-refractivity contribution < 1.29 is 4.57 Å².